The lowest BCUT2D eigenvalue weighted by atomic mass is 10.0. The van der Waals surface area contributed by atoms with Gasteiger partial charge < -0.3 is 10.4 Å². The number of pyridine rings is 1. The summed E-state index contributed by atoms with van der Waals surface area (Å²) in [6.07, 6.45) is -4.46. The zero-order valence-electron chi connectivity index (χ0n) is 10.7. The summed E-state index contributed by atoms with van der Waals surface area (Å²) >= 11 is 0. The Hall–Kier alpha value is -1.79. The third-order valence-electron chi connectivity index (χ3n) is 2.57. The molecule has 1 rings (SSSR count). The minimum absolute atomic E-state index is 0.130. The van der Waals surface area contributed by atoms with Gasteiger partial charge in [-0.15, -0.1) is 0 Å². The number of rotatable bonds is 4. The van der Waals surface area contributed by atoms with Gasteiger partial charge in [0.1, 0.15) is 6.04 Å². The second-order valence-electron chi connectivity index (χ2n) is 4.56. The third-order valence-corrected chi connectivity index (χ3v) is 2.57. The molecule has 0 saturated carbocycles. The zero-order valence-corrected chi connectivity index (χ0v) is 10.7. The number of hydrogen-bond donors (Lipinski definition) is 2. The molecule has 0 radical (unpaired) electrons. The molecule has 4 nitrogen and oxygen atoms in total. The fraction of sp³-hybridized carbons (Fsp3) is 0.500. The molecule has 2 N–H and O–H groups in total. The maximum Gasteiger partial charge on any atom is 0.408 e. The van der Waals surface area contributed by atoms with E-state index < -0.39 is 29.8 Å². The predicted octanol–water partition coefficient (Wildman–Crippen LogP) is 3.09. The van der Waals surface area contributed by atoms with Crippen molar-refractivity contribution in [3.63, 3.8) is 0 Å². The number of anilines is 1. The van der Waals surface area contributed by atoms with Crippen molar-refractivity contribution >= 4 is 11.7 Å². The normalized spacial score (nSPS) is 13.4. The monoisotopic (exact) mass is 276 g/mol. The Morgan fingerprint density at radius 3 is 2.37 bits per heavy atom. The molecule has 0 aliphatic heterocycles. The van der Waals surface area contributed by atoms with E-state index in [-0.39, 0.29) is 5.69 Å². The summed E-state index contributed by atoms with van der Waals surface area (Å²) in [5, 5.41) is 11.2. The Bertz CT molecular complexity index is 473. The highest BCUT2D eigenvalue weighted by molar-refractivity contribution is 5.92. The standard InChI is InChI=1S/C12H15F3N2O2/c1-6(2)10(12(13,14)15)17-8-5-4-7(3)16-9(8)11(18)19/h4-6,10,17H,1-3H3,(H,18,19). The van der Waals surface area contributed by atoms with Crippen LogP contribution in [0.1, 0.15) is 30.0 Å². The highest BCUT2D eigenvalue weighted by Crippen LogP contribution is 2.29. The Labute approximate surface area is 108 Å². The zero-order chi connectivity index (χ0) is 14.8. The van der Waals surface area contributed by atoms with Crippen molar-refractivity contribution in [3.05, 3.63) is 23.5 Å². The van der Waals surface area contributed by atoms with E-state index in [9.17, 15) is 18.0 Å². The molecule has 0 aliphatic carbocycles. The molecule has 0 fully saturated rings. The number of carboxylic acids is 1. The number of carbonyl (C=O) groups is 1. The first-order chi connectivity index (χ1) is 8.62. The van der Waals surface area contributed by atoms with Gasteiger partial charge in [-0.1, -0.05) is 13.8 Å². The van der Waals surface area contributed by atoms with E-state index in [1.807, 2.05) is 0 Å². The highest BCUT2D eigenvalue weighted by Gasteiger charge is 2.42. The molecule has 106 valence electrons. The smallest absolute Gasteiger partial charge is 0.408 e. The second-order valence-corrected chi connectivity index (χ2v) is 4.56. The van der Waals surface area contributed by atoms with Gasteiger partial charge in [0, 0.05) is 5.69 Å². The van der Waals surface area contributed by atoms with Gasteiger partial charge in [0.25, 0.3) is 0 Å². The van der Waals surface area contributed by atoms with Crippen LogP contribution in [0.15, 0.2) is 12.1 Å². The molecule has 0 amide bonds. The van der Waals surface area contributed by atoms with Gasteiger partial charge in [-0.25, -0.2) is 9.78 Å². The molecule has 0 saturated heterocycles. The first-order valence-corrected chi connectivity index (χ1v) is 5.67. The lowest BCUT2D eigenvalue weighted by Gasteiger charge is -2.26. The van der Waals surface area contributed by atoms with E-state index in [2.05, 4.69) is 10.3 Å². The van der Waals surface area contributed by atoms with Crippen LogP contribution in [0.4, 0.5) is 18.9 Å². The molecule has 1 atom stereocenters. The van der Waals surface area contributed by atoms with Gasteiger partial charge in [-0.2, -0.15) is 13.2 Å². The van der Waals surface area contributed by atoms with Gasteiger partial charge in [0.2, 0.25) is 0 Å². The van der Waals surface area contributed by atoms with E-state index in [1.54, 1.807) is 6.92 Å². The average Bonchev–Trinajstić information content (AvgIpc) is 2.24. The summed E-state index contributed by atoms with van der Waals surface area (Å²) in [5.41, 5.74) is -0.111. The van der Waals surface area contributed by atoms with Crippen molar-refractivity contribution in [2.24, 2.45) is 5.92 Å². The molecule has 1 unspecified atom stereocenters. The van der Waals surface area contributed by atoms with Crippen LogP contribution in [0, 0.1) is 12.8 Å². The average molecular weight is 276 g/mol. The van der Waals surface area contributed by atoms with Gasteiger partial charge in [-0.05, 0) is 25.0 Å². The minimum atomic E-state index is -4.46. The Morgan fingerprint density at radius 2 is 1.95 bits per heavy atom. The van der Waals surface area contributed by atoms with E-state index in [1.165, 1.54) is 26.0 Å². The lowest BCUT2D eigenvalue weighted by Crippen LogP contribution is -2.41. The van der Waals surface area contributed by atoms with Crippen molar-refractivity contribution in [2.75, 3.05) is 5.32 Å². The summed E-state index contributed by atoms with van der Waals surface area (Å²) in [5.74, 6) is -2.10. The largest absolute Gasteiger partial charge is 0.476 e. The maximum atomic E-state index is 12.8. The minimum Gasteiger partial charge on any atom is -0.476 e. The van der Waals surface area contributed by atoms with Crippen LogP contribution in [-0.2, 0) is 0 Å². The van der Waals surface area contributed by atoms with Crippen LogP contribution < -0.4 is 5.32 Å². The fourth-order valence-electron chi connectivity index (χ4n) is 1.63. The second kappa shape index (κ2) is 5.46. The van der Waals surface area contributed by atoms with Crippen molar-refractivity contribution in [1.29, 1.82) is 0 Å². The lowest BCUT2D eigenvalue weighted by molar-refractivity contribution is -0.150. The summed E-state index contributed by atoms with van der Waals surface area (Å²) in [7, 11) is 0. The first-order valence-electron chi connectivity index (χ1n) is 5.67. The van der Waals surface area contributed by atoms with E-state index >= 15 is 0 Å². The highest BCUT2D eigenvalue weighted by atomic mass is 19.4. The fourth-order valence-corrected chi connectivity index (χ4v) is 1.63. The maximum absolute atomic E-state index is 12.8. The molecule has 0 bridgehead atoms. The van der Waals surface area contributed by atoms with Gasteiger partial charge in [0.05, 0.1) is 5.69 Å². The Morgan fingerprint density at radius 1 is 1.37 bits per heavy atom. The summed E-state index contributed by atoms with van der Waals surface area (Å²) < 4.78 is 38.5. The van der Waals surface area contributed by atoms with Crippen LogP contribution in [0.2, 0.25) is 0 Å². The van der Waals surface area contributed by atoms with Crippen molar-refractivity contribution in [3.8, 4) is 0 Å². The predicted molar refractivity (Wildman–Crippen MR) is 64.2 cm³/mol. The molecular weight excluding hydrogens is 261 g/mol. The van der Waals surface area contributed by atoms with Crippen molar-refractivity contribution in [2.45, 2.75) is 33.0 Å². The number of hydrogen-bond acceptors (Lipinski definition) is 3. The molecule has 1 heterocycles. The SMILES string of the molecule is Cc1ccc(NC(C(C)C)C(F)(F)F)c(C(=O)O)n1. The van der Waals surface area contributed by atoms with Gasteiger partial charge >= 0.3 is 12.1 Å². The number of halogens is 3. The molecule has 0 aromatic carbocycles. The van der Waals surface area contributed by atoms with Crippen molar-refractivity contribution in [1.82, 2.24) is 4.98 Å². The van der Waals surface area contributed by atoms with Crippen LogP contribution in [-0.4, -0.2) is 28.3 Å². The van der Waals surface area contributed by atoms with E-state index in [4.69, 9.17) is 5.11 Å². The Balaban J connectivity index is 3.13. The summed E-state index contributed by atoms with van der Waals surface area (Å²) in [6.45, 7) is 4.39. The molecule has 1 aromatic rings. The molecule has 0 spiro atoms. The quantitative estimate of drug-likeness (QED) is 0.887. The van der Waals surface area contributed by atoms with Crippen LogP contribution in [0.25, 0.3) is 0 Å². The number of alkyl halides is 3. The number of nitrogens with zero attached hydrogens (tertiary/aromatic N) is 1. The summed E-state index contributed by atoms with van der Waals surface area (Å²) in [6, 6.07) is 0.935. The van der Waals surface area contributed by atoms with Crippen LogP contribution in [0.3, 0.4) is 0 Å². The molecular formula is C12H15F3N2O2. The number of carboxylic acid groups (broad SMARTS) is 1. The molecule has 19 heavy (non-hydrogen) atoms. The van der Waals surface area contributed by atoms with E-state index in [0.717, 1.165) is 0 Å². The van der Waals surface area contributed by atoms with Gasteiger partial charge in [0.15, 0.2) is 5.69 Å². The number of aromatic nitrogens is 1. The van der Waals surface area contributed by atoms with Crippen LogP contribution >= 0.6 is 0 Å². The number of aryl methyl sites for hydroxylation is 1. The number of nitrogens with one attached hydrogen (secondary N) is 1. The van der Waals surface area contributed by atoms with E-state index in [0.29, 0.717) is 5.69 Å². The molecule has 7 heteroatoms. The van der Waals surface area contributed by atoms with Crippen molar-refractivity contribution < 1.29 is 23.1 Å². The molecule has 1 aromatic heterocycles. The van der Waals surface area contributed by atoms with Crippen LogP contribution in [0.5, 0.6) is 0 Å². The third kappa shape index (κ3) is 3.84. The topological polar surface area (TPSA) is 62.2 Å². The molecule has 0 aliphatic rings. The summed E-state index contributed by atoms with van der Waals surface area (Å²) in [4.78, 5) is 14.7. The number of aromatic carboxylic acids is 1. The van der Waals surface area contributed by atoms with Gasteiger partial charge in [-0.3, -0.25) is 0 Å². The first kappa shape index (κ1) is 15.3. The Kier molecular flexibility index (Phi) is 4.39.